The summed E-state index contributed by atoms with van der Waals surface area (Å²) in [7, 11) is 0. The second kappa shape index (κ2) is 7.14. The van der Waals surface area contributed by atoms with Crippen LogP contribution in [-0.2, 0) is 9.53 Å². The highest BCUT2D eigenvalue weighted by Crippen LogP contribution is 2.60. The summed E-state index contributed by atoms with van der Waals surface area (Å²) >= 11 is 0. The third-order valence-corrected chi connectivity index (χ3v) is 7.73. The van der Waals surface area contributed by atoms with Gasteiger partial charge in [0.15, 0.2) is 11.9 Å². The van der Waals surface area contributed by atoms with Crippen LogP contribution < -0.4 is 0 Å². The van der Waals surface area contributed by atoms with Crippen LogP contribution in [0.2, 0.25) is 0 Å². The number of carbonyl (C=O) groups is 4. The molecule has 1 aromatic carbocycles. The van der Waals surface area contributed by atoms with Gasteiger partial charge in [-0.2, -0.15) is 0 Å². The summed E-state index contributed by atoms with van der Waals surface area (Å²) in [6.07, 6.45) is 7.15. The largest absolute Gasteiger partial charge is 0.451 e. The number of Topliss-reactive ketones (excluding diaryl/α,β-unsaturated/α-hetero) is 1. The van der Waals surface area contributed by atoms with E-state index < -0.39 is 23.9 Å². The average Bonchev–Trinajstić information content (AvgIpc) is 2.97. The van der Waals surface area contributed by atoms with Crippen LogP contribution in [0.25, 0.3) is 0 Å². The van der Waals surface area contributed by atoms with Gasteiger partial charge in [0.1, 0.15) is 0 Å². The summed E-state index contributed by atoms with van der Waals surface area (Å²) < 4.78 is 5.57. The van der Waals surface area contributed by atoms with Crippen LogP contribution in [0.3, 0.4) is 0 Å². The number of nitrogens with zero attached hydrogens (tertiary/aromatic N) is 1. The van der Waals surface area contributed by atoms with E-state index in [0.29, 0.717) is 17.8 Å². The van der Waals surface area contributed by atoms with Crippen molar-refractivity contribution in [1.82, 2.24) is 4.90 Å². The Labute approximate surface area is 181 Å². The lowest BCUT2D eigenvalue weighted by Gasteiger charge is -2.56. The predicted octanol–water partition coefficient (Wildman–Crippen LogP) is 3.80. The van der Waals surface area contributed by atoms with Crippen molar-refractivity contribution in [3.8, 4) is 0 Å². The van der Waals surface area contributed by atoms with E-state index in [1.807, 2.05) is 0 Å². The topological polar surface area (TPSA) is 80.8 Å². The summed E-state index contributed by atoms with van der Waals surface area (Å²) in [5, 5.41) is 0. The normalized spacial score (nSPS) is 31.5. The minimum atomic E-state index is -0.827. The molecule has 0 radical (unpaired) electrons. The molecule has 1 unspecified atom stereocenters. The number of imide groups is 1. The first-order chi connectivity index (χ1) is 14.8. The van der Waals surface area contributed by atoms with Crippen LogP contribution in [0.15, 0.2) is 30.9 Å². The monoisotopic (exact) mass is 421 g/mol. The van der Waals surface area contributed by atoms with E-state index >= 15 is 0 Å². The summed E-state index contributed by atoms with van der Waals surface area (Å²) in [6, 6.07) is 4.34. The highest BCUT2D eigenvalue weighted by molar-refractivity contribution is 6.22. The molecule has 6 heteroatoms. The molecule has 31 heavy (non-hydrogen) atoms. The van der Waals surface area contributed by atoms with Crippen LogP contribution in [0.1, 0.15) is 76.5 Å². The molecule has 0 aromatic heterocycles. The number of ketones is 1. The third-order valence-electron chi connectivity index (χ3n) is 7.73. The maximum atomic E-state index is 13.4. The van der Waals surface area contributed by atoms with Gasteiger partial charge in [-0.1, -0.05) is 6.08 Å². The molecule has 0 saturated heterocycles. The van der Waals surface area contributed by atoms with Gasteiger partial charge in [-0.25, -0.2) is 4.79 Å². The smallest absolute Gasteiger partial charge is 0.338 e. The highest BCUT2D eigenvalue weighted by Gasteiger charge is 2.55. The molecule has 1 aliphatic heterocycles. The second-order valence-corrected chi connectivity index (χ2v) is 9.88. The van der Waals surface area contributed by atoms with E-state index in [2.05, 4.69) is 6.58 Å². The lowest BCUT2D eigenvalue weighted by Crippen LogP contribution is -2.52. The van der Waals surface area contributed by atoms with Crippen molar-refractivity contribution in [3.05, 3.63) is 47.5 Å². The first-order valence-electron chi connectivity index (χ1n) is 11.2. The molecule has 0 spiro atoms. The van der Waals surface area contributed by atoms with Crippen molar-refractivity contribution in [3.63, 3.8) is 0 Å². The molecule has 4 fully saturated rings. The van der Waals surface area contributed by atoms with Crippen LogP contribution in [0.5, 0.6) is 0 Å². The van der Waals surface area contributed by atoms with Crippen molar-refractivity contribution < 1.29 is 23.9 Å². The van der Waals surface area contributed by atoms with Gasteiger partial charge in [0.2, 0.25) is 0 Å². The van der Waals surface area contributed by atoms with Crippen LogP contribution in [0.4, 0.5) is 0 Å². The molecule has 2 amide bonds. The number of amides is 2. The fourth-order valence-corrected chi connectivity index (χ4v) is 6.84. The molecule has 1 atom stereocenters. The van der Waals surface area contributed by atoms with E-state index in [4.69, 9.17) is 4.74 Å². The molecule has 6 rings (SSSR count). The summed E-state index contributed by atoms with van der Waals surface area (Å²) in [5.41, 5.74) is 0.285. The zero-order chi connectivity index (χ0) is 21.9. The second-order valence-electron chi connectivity index (χ2n) is 9.88. The fourth-order valence-electron chi connectivity index (χ4n) is 6.84. The molecule has 0 N–H and O–H groups in total. The molecular formula is C25H27NO5. The number of carbonyl (C=O) groups excluding carboxylic acids is 4. The number of esters is 1. The minimum Gasteiger partial charge on any atom is -0.451 e. The van der Waals surface area contributed by atoms with Gasteiger partial charge in [0.05, 0.1) is 16.7 Å². The van der Waals surface area contributed by atoms with Crippen LogP contribution in [-0.4, -0.2) is 41.1 Å². The van der Waals surface area contributed by atoms with Crippen LogP contribution in [0, 0.1) is 23.2 Å². The van der Waals surface area contributed by atoms with Crippen molar-refractivity contribution in [2.75, 3.05) is 6.54 Å². The Morgan fingerprint density at radius 1 is 1.10 bits per heavy atom. The number of hydrogen-bond acceptors (Lipinski definition) is 5. The number of ether oxygens (including phenoxy) is 1. The number of fused-ring (bicyclic) bond motifs is 1. The van der Waals surface area contributed by atoms with E-state index in [9.17, 15) is 19.2 Å². The Balaban J connectivity index is 1.31. The molecule has 5 aliphatic rings. The standard InChI is InChI=1S/C25H27NO5/c1-3-6-26-22(28)19-5-4-18(10-20(19)23(26)29)24(30)31-14(2)21(27)25-11-15-7-16(12-25)9-17(8-15)13-25/h3-5,10,14-17H,1,6-9,11-13H2,2H3. The molecule has 4 saturated carbocycles. The van der Waals surface area contributed by atoms with E-state index in [-0.39, 0.29) is 34.4 Å². The van der Waals surface area contributed by atoms with Crippen molar-refractivity contribution in [2.24, 2.45) is 23.2 Å². The van der Waals surface area contributed by atoms with E-state index in [1.54, 1.807) is 6.92 Å². The number of hydrogen-bond donors (Lipinski definition) is 0. The van der Waals surface area contributed by atoms with Crippen molar-refractivity contribution >= 4 is 23.6 Å². The highest BCUT2D eigenvalue weighted by atomic mass is 16.5. The Hall–Kier alpha value is -2.76. The zero-order valence-electron chi connectivity index (χ0n) is 17.8. The molecule has 162 valence electrons. The van der Waals surface area contributed by atoms with E-state index in [0.717, 1.165) is 24.2 Å². The van der Waals surface area contributed by atoms with Gasteiger partial charge < -0.3 is 4.74 Å². The molecule has 1 heterocycles. The maximum Gasteiger partial charge on any atom is 0.338 e. The summed E-state index contributed by atoms with van der Waals surface area (Å²) in [4.78, 5) is 52.1. The molecule has 1 aromatic rings. The Morgan fingerprint density at radius 3 is 2.26 bits per heavy atom. The van der Waals surface area contributed by atoms with Gasteiger partial charge in [-0.05, 0) is 81.4 Å². The maximum absolute atomic E-state index is 13.4. The van der Waals surface area contributed by atoms with Gasteiger partial charge >= 0.3 is 5.97 Å². The molecule has 4 bridgehead atoms. The average molecular weight is 421 g/mol. The molecule has 4 aliphatic carbocycles. The summed E-state index contributed by atoms with van der Waals surface area (Å²) in [5.74, 6) is 0.461. The van der Waals surface area contributed by atoms with Gasteiger partial charge in [-0.3, -0.25) is 19.3 Å². The first kappa shape index (κ1) is 20.2. The lowest BCUT2D eigenvalue weighted by molar-refractivity contribution is -0.152. The van der Waals surface area contributed by atoms with Crippen LogP contribution >= 0.6 is 0 Å². The Morgan fingerprint density at radius 2 is 1.68 bits per heavy atom. The predicted molar refractivity (Wildman–Crippen MR) is 112 cm³/mol. The zero-order valence-corrected chi connectivity index (χ0v) is 17.8. The van der Waals surface area contributed by atoms with Crippen molar-refractivity contribution in [2.45, 2.75) is 51.6 Å². The quantitative estimate of drug-likeness (QED) is 0.396. The molecule has 6 nitrogen and oxygen atoms in total. The third kappa shape index (κ3) is 3.15. The first-order valence-corrected chi connectivity index (χ1v) is 11.2. The Kier molecular flexibility index (Phi) is 4.65. The van der Waals surface area contributed by atoms with Gasteiger partial charge in [0, 0.05) is 12.0 Å². The SMILES string of the molecule is C=CCN1C(=O)c2ccc(C(=O)OC(C)C(=O)C34CC5CC(CC(C5)C3)C4)cc2C1=O. The van der Waals surface area contributed by atoms with Crippen molar-refractivity contribution in [1.29, 1.82) is 0 Å². The van der Waals surface area contributed by atoms with Gasteiger partial charge in [0.25, 0.3) is 11.8 Å². The van der Waals surface area contributed by atoms with E-state index in [1.165, 1.54) is 43.5 Å². The summed E-state index contributed by atoms with van der Waals surface area (Å²) in [6.45, 7) is 5.34. The fraction of sp³-hybridized carbons (Fsp3) is 0.520. The Bertz CT molecular complexity index is 974. The molecular weight excluding hydrogens is 394 g/mol. The van der Waals surface area contributed by atoms with Gasteiger partial charge in [-0.15, -0.1) is 6.58 Å². The minimum absolute atomic E-state index is 0.0459. The number of benzene rings is 1. The lowest BCUT2D eigenvalue weighted by atomic mass is 9.48. The number of rotatable bonds is 6.